The number of carbonyl (C=O) groups is 3. The molecular formula is C46H48N6O10S. The zero-order chi connectivity index (χ0) is 44.1. The molecule has 8 heterocycles. The van der Waals surface area contributed by atoms with Crippen LogP contribution in [0.5, 0.6) is 28.7 Å². The van der Waals surface area contributed by atoms with Gasteiger partial charge in [0, 0.05) is 70.5 Å². The lowest BCUT2D eigenvalue weighted by Gasteiger charge is -2.62. The Morgan fingerprint density at radius 2 is 1.94 bits per heavy atom. The number of aromatic amines is 1. The number of carbonyl (C=O) groups excluding carboxylic acids is 3. The van der Waals surface area contributed by atoms with Crippen LogP contribution in [0.1, 0.15) is 68.9 Å². The van der Waals surface area contributed by atoms with Crippen LogP contribution in [0.2, 0.25) is 0 Å². The molecule has 1 aromatic heterocycles. The van der Waals surface area contributed by atoms with Gasteiger partial charge in [-0.3, -0.25) is 19.9 Å². The third kappa shape index (κ3) is 6.09. The minimum absolute atomic E-state index is 0.0277. The minimum atomic E-state index is -1.49. The molecule has 328 valence electrons. The SMILES string of the molecule is C=CCOC(=O)NC[C@@H]1Cc2c([nH]c3ccccc23)[C@@]2(CS[C@@H]3c4c(OC(C)=O)c(C)c5c(c4[C@H](COC2=O)N2[C@@H]3[C@H]3c4c(cc(C)c(OC)c4O)C[C@@H]([C@@H]2C#N)N3C)OCO5)N1. The number of methoxy groups -OCH3 is 1. The molecule has 0 unspecified atom stereocenters. The van der Waals surface area contributed by atoms with E-state index in [-0.39, 0.29) is 44.1 Å². The van der Waals surface area contributed by atoms with Gasteiger partial charge in [-0.15, -0.1) is 11.8 Å². The molecule has 1 spiro atoms. The number of alkyl carbamates (subject to hydrolysis) is 1. The second-order valence-electron chi connectivity index (χ2n) is 17.1. The Morgan fingerprint density at radius 3 is 2.70 bits per heavy atom. The first kappa shape index (κ1) is 41.1. The maximum atomic E-state index is 15.3. The van der Waals surface area contributed by atoms with E-state index in [9.17, 15) is 20.0 Å². The van der Waals surface area contributed by atoms with Crippen LogP contribution in [0.25, 0.3) is 10.9 Å². The van der Waals surface area contributed by atoms with Gasteiger partial charge in [0.1, 0.15) is 25.0 Å². The van der Waals surface area contributed by atoms with E-state index in [1.165, 1.54) is 31.9 Å². The first-order valence-corrected chi connectivity index (χ1v) is 22.1. The smallest absolute Gasteiger partial charge is 0.407 e. The van der Waals surface area contributed by atoms with Crippen molar-refractivity contribution in [1.29, 1.82) is 5.26 Å². The number of aryl methyl sites for hydroxylation is 1. The Hall–Kier alpha value is -5.93. The number of ether oxygens (including phenoxy) is 6. The lowest BCUT2D eigenvalue weighted by Crippen LogP contribution is -2.69. The van der Waals surface area contributed by atoms with Crippen molar-refractivity contribution in [3.8, 4) is 34.8 Å². The number of hydrogen-bond acceptors (Lipinski definition) is 15. The zero-order valence-corrected chi connectivity index (χ0v) is 36.4. The summed E-state index contributed by atoms with van der Waals surface area (Å²) in [5.41, 5.74) is 5.16. The molecule has 3 aromatic carbocycles. The molecule has 0 aliphatic carbocycles. The van der Waals surface area contributed by atoms with Gasteiger partial charge in [0.15, 0.2) is 28.5 Å². The fourth-order valence-corrected chi connectivity index (χ4v) is 12.9. The van der Waals surface area contributed by atoms with Gasteiger partial charge in [0.25, 0.3) is 0 Å². The molecule has 17 heteroatoms. The number of para-hydroxylation sites is 1. The third-order valence-corrected chi connectivity index (χ3v) is 15.2. The third-order valence-electron chi connectivity index (χ3n) is 13.7. The highest BCUT2D eigenvalue weighted by atomic mass is 32.2. The fourth-order valence-electron chi connectivity index (χ4n) is 11.3. The number of phenols is 1. The van der Waals surface area contributed by atoms with E-state index in [4.69, 9.17) is 28.4 Å². The van der Waals surface area contributed by atoms with Crippen molar-refractivity contribution in [3.63, 3.8) is 0 Å². The summed E-state index contributed by atoms with van der Waals surface area (Å²) in [4.78, 5) is 49.1. The summed E-state index contributed by atoms with van der Waals surface area (Å²) in [6.07, 6.45) is 1.81. The van der Waals surface area contributed by atoms with E-state index in [0.29, 0.717) is 63.8 Å². The Labute approximate surface area is 367 Å². The van der Waals surface area contributed by atoms with Gasteiger partial charge in [-0.25, -0.2) is 9.59 Å². The van der Waals surface area contributed by atoms with Crippen molar-refractivity contribution in [2.45, 2.75) is 80.7 Å². The molecular weight excluding hydrogens is 829 g/mol. The van der Waals surface area contributed by atoms with Crippen molar-refractivity contribution < 1.29 is 47.9 Å². The van der Waals surface area contributed by atoms with E-state index in [1.54, 1.807) is 0 Å². The first-order chi connectivity index (χ1) is 30.4. The number of aromatic nitrogens is 1. The van der Waals surface area contributed by atoms with Crippen molar-refractivity contribution in [2.75, 3.05) is 46.5 Å². The van der Waals surface area contributed by atoms with Crippen LogP contribution in [0.4, 0.5) is 4.79 Å². The van der Waals surface area contributed by atoms with E-state index in [1.807, 2.05) is 51.2 Å². The van der Waals surface area contributed by atoms with Gasteiger partial charge in [0.05, 0.1) is 36.2 Å². The molecule has 63 heavy (non-hydrogen) atoms. The van der Waals surface area contributed by atoms with Crippen LogP contribution in [0.15, 0.2) is 43.0 Å². The average Bonchev–Trinajstić information content (AvgIpc) is 3.91. The molecule has 7 aliphatic rings. The number of fused-ring (bicyclic) bond motifs is 11. The zero-order valence-electron chi connectivity index (χ0n) is 35.5. The molecule has 4 aromatic rings. The number of aromatic hydroxyl groups is 1. The van der Waals surface area contributed by atoms with Gasteiger partial charge in [-0.2, -0.15) is 5.26 Å². The summed E-state index contributed by atoms with van der Waals surface area (Å²) >= 11 is 1.47. The number of esters is 2. The standard InChI is InChI=1S/C46H48N6O10S/c1-7-12-58-45(56)48-17-25-15-27-26-10-8-9-11-28(26)49-43(27)46(50-25)19-63-42-34-33(41-40(60-20-61-41)22(3)39(34)62-23(4)53)31(18-59-44(46)55)52-30(16-47)29-14-24-13-21(2)38(57-6)37(54)32(24)35(36(42)52)51(29)5/h7-11,13,25,29-31,35-36,42,49-50,54H,1,12,14-15,17-20H2,2-6H3,(H,48,56)/t25-,29-,30-,31-,35+,36+,42+,46+/m0/s1. The molecule has 2 fully saturated rings. The molecule has 2 saturated heterocycles. The highest BCUT2D eigenvalue weighted by Crippen LogP contribution is 2.64. The van der Waals surface area contributed by atoms with E-state index in [0.717, 1.165) is 27.6 Å². The number of phenolic OH excluding ortho intramolecular Hbond substituents is 1. The highest BCUT2D eigenvalue weighted by Gasteiger charge is 2.62. The predicted molar refractivity (Wildman–Crippen MR) is 230 cm³/mol. The van der Waals surface area contributed by atoms with E-state index >= 15 is 4.79 Å². The van der Waals surface area contributed by atoms with Crippen molar-refractivity contribution in [3.05, 3.63) is 87.6 Å². The molecule has 7 aliphatic heterocycles. The molecule has 16 nitrogen and oxygen atoms in total. The van der Waals surface area contributed by atoms with Crippen LogP contribution < -0.4 is 29.6 Å². The van der Waals surface area contributed by atoms with Crippen LogP contribution in [-0.2, 0) is 37.4 Å². The van der Waals surface area contributed by atoms with Crippen molar-refractivity contribution >= 4 is 40.7 Å². The number of rotatable bonds is 6. The summed E-state index contributed by atoms with van der Waals surface area (Å²) in [6, 6.07) is 9.17. The van der Waals surface area contributed by atoms with Crippen LogP contribution in [-0.4, -0.2) is 109 Å². The maximum Gasteiger partial charge on any atom is 0.407 e. The molecule has 8 atom stereocenters. The number of piperazine rings is 1. The number of thioether (sulfide) groups is 1. The lowest BCUT2D eigenvalue weighted by atomic mass is 9.71. The fraction of sp³-hybridized carbons (Fsp3) is 0.435. The van der Waals surface area contributed by atoms with E-state index < -0.39 is 59.0 Å². The second kappa shape index (κ2) is 15.4. The Morgan fingerprint density at radius 1 is 1.14 bits per heavy atom. The van der Waals surface area contributed by atoms with Crippen LogP contribution >= 0.6 is 11.8 Å². The number of H-pyrrole nitrogens is 1. The summed E-state index contributed by atoms with van der Waals surface area (Å²) < 4.78 is 36.2. The second-order valence-corrected chi connectivity index (χ2v) is 18.2. The predicted octanol–water partition coefficient (Wildman–Crippen LogP) is 5.03. The van der Waals surface area contributed by atoms with Gasteiger partial charge in [0.2, 0.25) is 6.79 Å². The number of benzene rings is 3. The van der Waals surface area contributed by atoms with Gasteiger partial charge in [-0.05, 0) is 56.5 Å². The largest absolute Gasteiger partial charge is 0.504 e. The Bertz CT molecular complexity index is 2660. The van der Waals surface area contributed by atoms with Crippen LogP contribution in [0, 0.1) is 25.2 Å². The number of likely N-dealkylation sites (N-methyl/N-ethyl adjacent to an activating group) is 1. The van der Waals surface area contributed by atoms with Crippen LogP contribution in [0.3, 0.4) is 0 Å². The molecule has 4 bridgehead atoms. The number of nitriles is 1. The number of amides is 1. The topological polar surface area (TPSA) is 197 Å². The normalized spacial score (nSPS) is 27.9. The summed E-state index contributed by atoms with van der Waals surface area (Å²) in [5, 5.41) is 30.3. The van der Waals surface area contributed by atoms with Gasteiger partial charge < -0.3 is 43.8 Å². The monoisotopic (exact) mass is 876 g/mol. The van der Waals surface area contributed by atoms with Gasteiger partial charge >= 0.3 is 18.0 Å². The first-order valence-electron chi connectivity index (χ1n) is 21.0. The summed E-state index contributed by atoms with van der Waals surface area (Å²) in [5.74, 6) is 0.582. The molecule has 1 amide bonds. The van der Waals surface area contributed by atoms with Crippen molar-refractivity contribution in [2.24, 2.45) is 0 Å². The Kier molecular flexibility index (Phi) is 10.0. The van der Waals surface area contributed by atoms with Gasteiger partial charge in [-0.1, -0.05) is 36.9 Å². The molecule has 4 N–H and O–H groups in total. The number of hydrogen-bond donors (Lipinski definition) is 4. The average molecular weight is 877 g/mol. The summed E-state index contributed by atoms with van der Waals surface area (Å²) in [6.45, 7) is 8.58. The molecule has 11 rings (SSSR count). The van der Waals surface area contributed by atoms with E-state index in [2.05, 4.69) is 38.1 Å². The quantitative estimate of drug-likeness (QED) is 0.114. The number of nitrogens with one attached hydrogen (secondary N) is 3. The lowest BCUT2D eigenvalue weighted by molar-refractivity contribution is -0.158. The molecule has 0 radical (unpaired) electrons. The maximum absolute atomic E-state index is 15.3. The Balaban J connectivity index is 1.20. The molecule has 0 saturated carbocycles. The minimum Gasteiger partial charge on any atom is -0.504 e. The van der Waals surface area contributed by atoms with Crippen molar-refractivity contribution in [1.82, 2.24) is 25.4 Å². The highest BCUT2D eigenvalue weighted by molar-refractivity contribution is 7.99. The summed E-state index contributed by atoms with van der Waals surface area (Å²) in [7, 11) is 3.52. The number of nitrogens with zero attached hydrogens (tertiary/aromatic N) is 3.